The van der Waals surface area contributed by atoms with Gasteiger partial charge in [0.2, 0.25) is 0 Å². The van der Waals surface area contributed by atoms with E-state index in [0.717, 1.165) is 44.2 Å². The van der Waals surface area contributed by atoms with Crippen molar-refractivity contribution in [2.75, 3.05) is 13.2 Å². The Labute approximate surface area is 134 Å². The van der Waals surface area contributed by atoms with E-state index in [-0.39, 0.29) is 18.8 Å². The van der Waals surface area contributed by atoms with Crippen molar-refractivity contribution in [1.82, 2.24) is 0 Å². The number of aliphatic hydroxyl groups is 1. The molecule has 0 atom stereocenters. The number of rotatable bonds is 10. The number of aromatic carboxylic acids is 1. The number of aromatic hydroxyl groups is 2. The number of carboxylic acids is 1. The molecule has 23 heavy (non-hydrogen) atoms. The lowest BCUT2D eigenvalue weighted by Gasteiger charge is -2.08. The van der Waals surface area contributed by atoms with E-state index in [1.165, 1.54) is 0 Å². The third-order valence-corrected chi connectivity index (χ3v) is 3.35. The van der Waals surface area contributed by atoms with Crippen LogP contribution in [0.15, 0.2) is 12.1 Å². The molecule has 0 fully saturated rings. The zero-order valence-electron chi connectivity index (χ0n) is 12.8. The first-order chi connectivity index (χ1) is 11.0. The molecule has 0 radical (unpaired) electrons. The molecule has 7 nitrogen and oxygen atoms in total. The van der Waals surface area contributed by atoms with Gasteiger partial charge in [-0.15, -0.1) is 0 Å². The Morgan fingerprint density at radius 2 is 1.39 bits per heavy atom. The number of hydrogen-bond acceptors (Lipinski definition) is 6. The van der Waals surface area contributed by atoms with Gasteiger partial charge in [-0.25, -0.2) is 9.59 Å². The molecule has 0 saturated carbocycles. The molecule has 0 aromatic heterocycles. The highest BCUT2D eigenvalue weighted by Crippen LogP contribution is 2.27. The number of carbonyl (C=O) groups is 2. The molecular formula is C16H22O7. The molecule has 0 heterocycles. The van der Waals surface area contributed by atoms with E-state index in [4.69, 9.17) is 14.9 Å². The lowest BCUT2D eigenvalue weighted by Crippen LogP contribution is -2.08. The van der Waals surface area contributed by atoms with Crippen LogP contribution < -0.4 is 0 Å². The minimum atomic E-state index is -1.40. The number of esters is 1. The van der Waals surface area contributed by atoms with Gasteiger partial charge in [0.1, 0.15) is 22.6 Å². The summed E-state index contributed by atoms with van der Waals surface area (Å²) in [6.45, 7) is 0.383. The van der Waals surface area contributed by atoms with Gasteiger partial charge in [0, 0.05) is 6.61 Å². The third-order valence-electron chi connectivity index (χ3n) is 3.35. The Bertz CT molecular complexity index is 539. The van der Waals surface area contributed by atoms with Crippen LogP contribution in [0.3, 0.4) is 0 Å². The zero-order chi connectivity index (χ0) is 17.2. The average molecular weight is 326 g/mol. The maximum atomic E-state index is 11.8. The Morgan fingerprint density at radius 3 is 2.00 bits per heavy atom. The van der Waals surface area contributed by atoms with Crippen LogP contribution in [0.1, 0.15) is 59.2 Å². The smallest absolute Gasteiger partial charge is 0.342 e. The van der Waals surface area contributed by atoms with Crippen molar-refractivity contribution in [2.45, 2.75) is 38.5 Å². The monoisotopic (exact) mass is 326 g/mol. The lowest BCUT2D eigenvalue weighted by atomic mass is 10.1. The average Bonchev–Trinajstić information content (AvgIpc) is 2.51. The Balaban J connectivity index is 2.41. The van der Waals surface area contributed by atoms with Crippen molar-refractivity contribution in [3.05, 3.63) is 23.3 Å². The quantitative estimate of drug-likeness (QED) is 0.295. The zero-order valence-corrected chi connectivity index (χ0v) is 12.8. The van der Waals surface area contributed by atoms with Crippen LogP contribution in [0.25, 0.3) is 0 Å². The molecule has 1 aromatic rings. The van der Waals surface area contributed by atoms with Crippen molar-refractivity contribution in [3.8, 4) is 11.5 Å². The van der Waals surface area contributed by atoms with E-state index >= 15 is 0 Å². The van der Waals surface area contributed by atoms with E-state index in [9.17, 15) is 19.8 Å². The molecule has 0 aliphatic heterocycles. The lowest BCUT2D eigenvalue weighted by molar-refractivity contribution is 0.0492. The summed E-state index contributed by atoms with van der Waals surface area (Å²) < 4.78 is 4.99. The fourth-order valence-corrected chi connectivity index (χ4v) is 2.08. The summed E-state index contributed by atoms with van der Waals surface area (Å²) in [7, 11) is 0. The molecule has 128 valence electrons. The van der Waals surface area contributed by atoms with E-state index in [1.54, 1.807) is 0 Å². The Kier molecular flexibility index (Phi) is 7.90. The number of aliphatic hydroxyl groups excluding tert-OH is 1. The Hall–Kier alpha value is -2.28. The highest BCUT2D eigenvalue weighted by atomic mass is 16.5. The number of benzene rings is 1. The summed E-state index contributed by atoms with van der Waals surface area (Å²) in [5.74, 6) is -3.37. The minimum absolute atomic E-state index is 0.180. The van der Waals surface area contributed by atoms with E-state index in [1.807, 2.05) is 0 Å². The van der Waals surface area contributed by atoms with Crippen LogP contribution in [0.2, 0.25) is 0 Å². The summed E-state index contributed by atoms with van der Waals surface area (Å²) in [5, 5.41) is 36.6. The third kappa shape index (κ3) is 6.15. The summed E-state index contributed by atoms with van der Waals surface area (Å²) in [6, 6.07) is 1.70. The number of phenolic OH excluding ortho intramolecular Hbond substituents is 1. The van der Waals surface area contributed by atoms with Crippen molar-refractivity contribution < 1.29 is 34.8 Å². The number of unbranched alkanes of at least 4 members (excludes halogenated alkanes) is 5. The van der Waals surface area contributed by atoms with E-state index in [0.29, 0.717) is 6.42 Å². The fourth-order valence-electron chi connectivity index (χ4n) is 2.08. The largest absolute Gasteiger partial charge is 0.507 e. The van der Waals surface area contributed by atoms with Gasteiger partial charge in [-0.1, -0.05) is 25.7 Å². The van der Waals surface area contributed by atoms with Crippen molar-refractivity contribution in [1.29, 1.82) is 0 Å². The van der Waals surface area contributed by atoms with Crippen LogP contribution in [0, 0.1) is 0 Å². The predicted molar refractivity (Wildman–Crippen MR) is 81.8 cm³/mol. The maximum Gasteiger partial charge on any atom is 0.342 e. The molecule has 0 saturated heterocycles. The van der Waals surface area contributed by atoms with Crippen molar-refractivity contribution in [2.24, 2.45) is 0 Å². The van der Waals surface area contributed by atoms with Gasteiger partial charge in [-0.3, -0.25) is 0 Å². The molecule has 0 bridgehead atoms. The number of hydrogen-bond donors (Lipinski definition) is 4. The number of ether oxygens (including phenoxy) is 1. The van der Waals surface area contributed by atoms with Gasteiger partial charge >= 0.3 is 11.9 Å². The molecule has 0 spiro atoms. The second-order valence-electron chi connectivity index (χ2n) is 5.17. The number of carboxylic acid groups (broad SMARTS) is 1. The van der Waals surface area contributed by atoms with Gasteiger partial charge in [0.15, 0.2) is 0 Å². The second kappa shape index (κ2) is 9.68. The van der Waals surface area contributed by atoms with Crippen LogP contribution >= 0.6 is 0 Å². The normalized spacial score (nSPS) is 10.5. The minimum Gasteiger partial charge on any atom is -0.507 e. The molecule has 0 aliphatic rings. The van der Waals surface area contributed by atoms with Crippen LogP contribution in [-0.2, 0) is 4.74 Å². The number of phenols is 2. The highest BCUT2D eigenvalue weighted by Gasteiger charge is 2.19. The Morgan fingerprint density at radius 1 is 0.870 bits per heavy atom. The van der Waals surface area contributed by atoms with Crippen molar-refractivity contribution >= 4 is 11.9 Å². The topological polar surface area (TPSA) is 124 Å². The van der Waals surface area contributed by atoms with Gasteiger partial charge < -0.3 is 25.2 Å². The molecule has 0 amide bonds. The molecule has 0 unspecified atom stereocenters. The van der Waals surface area contributed by atoms with Crippen LogP contribution in [0.5, 0.6) is 11.5 Å². The van der Waals surface area contributed by atoms with Gasteiger partial charge in [0.05, 0.1) is 6.61 Å². The van der Waals surface area contributed by atoms with E-state index < -0.39 is 29.0 Å². The van der Waals surface area contributed by atoms with Gasteiger partial charge in [-0.2, -0.15) is 0 Å². The molecule has 4 N–H and O–H groups in total. The van der Waals surface area contributed by atoms with Crippen LogP contribution in [0.4, 0.5) is 0 Å². The summed E-state index contributed by atoms with van der Waals surface area (Å²) in [6.07, 6.45) is 5.32. The fraction of sp³-hybridized carbons (Fsp3) is 0.500. The van der Waals surface area contributed by atoms with E-state index in [2.05, 4.69) is 0 Å². The standard InChI is InChI=1S/C16H22O7/c17-7-5-3-1-2-4-6-8-23-16(22)12-10-13(18)11(15(20)21)9-14(12)19/h9-10,17-19H,1-8H2,(H,20,21). The first kappa shape index (κ1) is 18.8. The molecule has 1 aromatic carbocycles. The first-order valence-corrected chi connectivity index (χ1v) is 7.54. The summed E-state index contributed by atoms with van der Waals surface area (Å²) >= 11 is 0. The van der Waals surface area contributed by atoms with Gasteiger partial charge in [-0.05, 0) is 25.0 Å². The predicted octanol–water partition coefficient (Wildman–Crippen LogP) is 2.29. The molecular weight excluding hydrogens is 304 g/mol. The highest BCUT2D eigenvalue weighted by molar-refractivity contribution is 5.97. The number of carbonyl (C=O) groups excluding carboxylic acids is 1. The molecule has 1 rings (SSSR count). The second-order valence-corrected chi connectivity index (χ2v) is 5.17. The summed E-state index contributed by atoms with van der Waals surface area (Å²) in [4.78, 5) is 22.6. The molecule has 7 heteroatoms. The summed E-state index contributed by atoms with van der Waals surface area (Å²) in [5.41, 5.74) is -0.752. The first-order valence-electron chi connectivity index (χ1n) is 7.54. The van der Waals surface area contributed by atoms with Crippen LogP contribution in [-0.4, -0.2) is 45.6 Å². The van der Waals surface area contributed by atoms with Crippen molar-refractivity contribution in [3.63, 3.8) is 0 Å². The maximum absolute atomic E-state index is 11.8. The van der Waals surface area contributed by atoms with Gasteiger partial charge in [0.25, 0.3) is 0 Å². The SMILES string of the molecule is O=C(O)c1cc(O)c(C(=O)OCCCCCCCCO)cc1O. The molecule has 0 aliphatic carbocycles.